The molecule has 7 heteroatoms. The van der Waals surface area contributed by atoms with Gasteiger partial charge in [-0.3, -0.25) is 9.59 Å². The van der Waals surface area contributed by atoms with Crippen molar-refractivity contribution in [3.8, 4) is 0 Å². The Balaban J connectivity index is 1.34. The summed E-state index contributed by atoms with van der Waals surface area (Å²) in [6, 6.07) is 24.8. The van der Waals surface area contributed by atoms with Crippen molar-refractivity contribution < 1.29 is 14.0 Å². The Morgan fingerprint density at radius 1 is 0.868 bits per heavy atom. The highest BCUT2D eigenvalue weighted by molar-refractivity contribution is 6.30. The molecule has 0 spiro atoms. The third-order valence-corrected chi connectivity index (χ3v) is 7.19. The van der Waals surface area contributed by atoms with E-state index < -0.39 is 0 Å². The van der Waals surface area contributed by atoms with E-state index in [0.717, 1.165) is 37.4 Å². The third kappa shape index (κ3) is 5.92. The minimum Gasteiger partial charge on any atom is -0.459 e. The lowest BCUT2D eigenvalue weighted by Crippen LogP contribution is -2.47. The maximum absolute atomic E-state index is 13.1. The Morgan fingerprint density at radius 2 is 1.58 bits per heavy atom. The average molecular weight is 528 g/mol. The quantitative estimate of drug-likeness (QED) is 0.260. The fourth-order valence-corrected chi connectivity index (χ4v) is 4.96. The second-order valence-electron chi connectivity index (χ2n) is 9.47. The molecule has 38 heavy (non-hydrogen) atoms. The maximum Gasteiger partial charge on any atom is 0.291 e. The van der Waals surface area contributed by atoms with Crippen molar-refractivity contribution in [2.75, 3.05) is 41.3 Å². The summed E-state index contributed by atoms with van der Waals surface area (Å²) < 4.78 is 5.29. The molecule has 2 heterocycles. The highest BCUT2D eigenvalue weighted by Gasteiger charge is 2.23. The zero-order valence-corrected chi connectivity index (χ0v) is 22.1. The number of hydrogen-bond acceptors (Lipinski definition) is 5. The number of para-hydroxylation sites is 1. The molecule has 5 rings (SSSR count). The van der Waals surface area contributed by atoms with Crippen LogP contribution in [0, 0.1) is 6.92 Å². The monoisotopic (exact) mass is 527 g/mol. The summed E-state index contributed by atoms with van der Waals surface area (Å²) in [6.45, 7) is 5.44. The molecule has 0 radical (unpaired) electrons. The molecule has 1 aromatic heterocycles. The van der Waals surface area contributed by atoms with E-state index in [0.29, 0.717) is 29.1 Å². The van der Waals surface area contributed by atoms with Gasteiger partial charge in [0.25, 0.3) is 5.91 Å². The van der Waals surface area contributed by atoms with Gasteiger partial charge in [0.05, 0.1) is 17.6 Å². The molecule has 0 saturated carbocycles. The molecule has 3 aromatic carbocycles. The molecule has 0 aliphatic carbocycles. The van der Waals surface area contributed by atoms with Gasteiger partial charge < -0.3 is 19.5 Å². The fraction of sp³-hybridized carbons (Fsp3) is 0.226. The van der Waals surface area contributed by atoms with E-state index in [1.54, 1.807) is 18.2 Å². The van der Waals surface area contributed by atoms with Crippen molar-refractivity contribution in [2.24, 2.45) is 0 Å². The van der Waals surface area contributed by atoms with Crippen LogP contribution in [0.2, 0.25) is 5.02 Å². The number of piperazine rings is 1. The van der Waals surface area contributed by atoms with Gasteiger partial charge in [-0.15, -0.1) is 0 Å². The second kappa shape index (κ2) is 11.6. The molecule has 1 N–H and O–H groups in total. The van der Waals surface area contributed by atoms with Gasteiger partial charge in [0.15, 0.2) is 11.5 Å². The first-order valence-corrected chi connectivity index (χ1v) is 13.2. The number of Topliss-reactive ketones (excluding diaryl/α,β-unsaturated/α-hetero) is 1. The maximum atomic E-state index is 13.1. The van der Waals surface area contributed by atoms with E-state index in [1.165, 1.54) is 17.5 Å². The molecule has 6 nitrogen and oxygen atoms in total. The summed E-state index contributed by atoms with van der Waals surface area (Å²) in [7, 11) is 0. The number of carbonyl (C=O) groups is 2. The minimum atomic E-state index is -0.347. The summed E-state index contributed by atoms with van der Waals surface area (Å²) in [5, 5.41) is 3.66. The summed E-state index contributed by atoms with van der Waals surface area (Å²) in [5.41, 5.74) is 5.62. The third-order valence-electron chi connectivity index (χ3n) is 6.94. The summed E-state index contributed by atoms with van der Waals surface area (Å²) in [4.78, 5) is 30.6. The molecule has 0 atom stereocenters. The Labute approximate surface area is 227 Å². The molecule has 0 bridgehead atoms. The molecule has 1 saturated heterocycles. The first-order valence-electron chi connectivity index (χ1n) is 12.8. The lowest BCUT2D eigenvalue weighted by atomic mass is 10.0. The van der Waals surface area contributed by atoms with Crippen LogP contribution in [0.5, 0.6) is 0 Å². The highest BCUT2D eigenvalue weighted by atomic mass is 35.5. The molecular weight excluding hydrogens is 498 g/mol. The molecular formula is C31H30ClN3O3. The standard InChI is InChI=1S/C31H30ClN3O3/c1-22-5-2-3-6-27(22)34-16-18-35(19-17-34)28-14-11-24(21-26(28)33-31(37)30-7-4-20-38-30)29(36)15-10-23-8-12-25(32)13-9-23/h2-9,11-14,20-21H,10,15-19H2,1H3,(H,33,37). The van der Waals surface area contributed by atoms with E-state index in [4.69, 9.17) is 16.0 Å². The molecule has 1 fully saturated rings. The van der Waals surface area contributed by atoms with Crippen molar-refractivity contribution in [3.63, 3.8) is 0 Å². The Morgan fingerprint density at radius 3 is 2.26 bits per heavy atom. The van der Waals surface area contributed by atoms with Crippen LogP contribution in [0.15, 0.2) is 89.5 Å². The van der Waals surface area contributed by atoms with Crippen molar-refractivity contribution in [1.82, 2.24) is 0 Å². The number of aryl methyl sites for hydroxylation is 2. The fourth-order valence-electron chi connectivity index (χ4n) is 4.84. The molecule has 1 aliphatic heterocycles. The Bertz CT molecular complexity index is 1410. The van der Waals surface area contributed by atoms with Crippen LogP contribution in [0.4, 0.5) is 17.1 Å². The van der Waals surface area contributed by atoms with Crippen molar-refractivity contribution in [3.05, 3.63) is 113 Å². The lowest BCUT2D eigenvalue weighted by molar-refractivity contribution is 0.0977. The SMILES string of the molecule is Cc1ccccc1N1CCN(c2ccc(C(=O)CCc3ccc(Cl)cc3)cc2NC(=O)c2ccco2)CC1. The van der Waals surface area contributed by atoms with Crippen LogP contribution in [0.1, 0.15) is 38.5 Å². The number of halogens is 1. The predicted octanol–water partition coefficient (Wildman–Crippen LogP) is 6.64. The van der Waals surface area contributed by atoms with E-state index >= 15 is 0 Å². The van der Waals surface area contributed by atoms with E-state index in [2.05, 4.69) is 46.3 Å². The topological polar surface area (TPSA) is 65.8 Å². The van der Waals surface area contributed by atoms with E-state index in [-0.39, 0.29) is 17.5 Å². The lowest BCUT2D eigenvalue weighted by Gasteiger charge is -2.38. The van der Waals surface area contributed by atoms with Crippen LogP contribution < -0.4 is 15.1 Å². The Hall–Kier alpha value is -4.03. The molecule has 0 unspecified atom stereocenters. The van der Waals surface area contributed by atoms with Crippen molar-refractivity contribution >= 4 is 40.4 Å². The number of rotatable bonds is 8. The minimum absolute atomic E-state index is 0.0179. The molecule has 4 aromatic rings. The number of nitrogens with one attached hydrogen (secondary N) is 1. The van der Waals surface area contributed by atoms with Gasteiger partial charge in [0, 0.05) is 48.9 Å². The van der Waals surface area contributed by atoms with Crippen molar-refractivity contribution in [2.45, 2.75) is 19.8 Å². The van der Waals surface area contributed by atoms with Crippen molar-refractivity contribution in [1.29, 1.82) is 0 Å². The summed E-state index contributed by atoms with van der Waals surface area (Å²) >= 11 is 5.98. The number of anilines is 3. The van der Waals surface area contributed by atoms with Crippen LogP contribution in [0.3, 0.4) is 0 Å². The number of carbonyl (C=O) groups excluding carboxylic acids is 2. The largest absolute Gasteiger partial charge is 0.459 e. The van der Waals surface area contributed by atoms with Gasteiger partial charge in [-0.05, 0) is 73.0 Å². The van der Waals surface area contributed by atoms with Crippen LogP contribution in [-0.4, -0.2) is 37.9 Å². The zero-order valence-electron chi connectivity index (χ0n) is 21.3. The summed E-state index contributed by atoms with van der Waals surface area (Å²) in [5.74, 6) is -0.107. The highest BCUT2D eigenvalue weighted by Crippen LogP contribution is 2.31. The number of benzene rings is 3. The Kier molecular flexibility index (Phi) is 7.80. The first-order chi connectivity index (χ1) is 18.5. The predicted molar refractivity (Wildman–Crippen MR) is 153 cm³/mol. The number of hydrogen-bond donors (Lipinski definition) is 1. The van der Waals surface area contributed by atoms with Crippen LogP contribution >= 0.6 is 11.6 Å². The van der Waals surface area contributed by atoms with E-state index in [1.807, 2.05) is 36.4 Å². The number of amides is 1. The molecule has 1 amide bonds. The summed E-state index contributed by atoms with van der Waals surface area (Å²) in [6.07, 6.45) is 2.45. The first kappa shape index (κ1) is 25.6. The van der Waals surface area contributed by atoms with E-state index in [9.17, 15) is 9.59 Å². The van der Waals surface area contributed by atoms with Crippen LogP contribution in [-0.2, 0) is 6.42 Å². The van der Waals surface area contributed by atoms with Gasteiger partial charge in [-0.2, -0.15) is 0 Å². The molecule has 1 aliphatic rings. The zero-order chi connectivity index (χ0) is 26.5. The van der Waals surface area contributed by atoms with Gasteiger partial charge >= 0.3 is 0 Å². The van der Waals surface area contributed by atoms with Gasteiger partial charge in [-0.1, -0.05) is 41.9 Å². The molecule has 194 valence electrons. The van der Waals surface area contributed by atoms with Gasteiger partial charge in [-0.25, -0.2) is 0 Å². The second-order valence-corrected chi connectivity index (χ2v) is 9.91. The number of ketones is 1. The number of nitrogens with zero attached hydrogens (tertiary/aromatic N) is 2. The van der Waals surface area contributed by atoms with Gasteiger partial charge in [0.1, 0.15) is 0 Å². The smallest absolute Gasteiger partial charge is 0.291 e. The van der Waals surface area contributed by atoms with Crippen LogP contribution in [0.25, 0.3) is 0 Å². The normalized spacial score (nSPS) is 13.4. The number of furan rings is 1. The van der Waals surface area contributed by atoms with Gasteiger partial charge in [0.2, 0.25) is 0 Å². The average Bonchev–Trinajstić information content (AvgIpc) is 3.49.